The van der Waals surface area contributed by atoms with Crippen LogP contribution in [0.1, 0.15) is 214 Å². The van der Waals surface area contributed by atoms with Crippen LogP contribution in [0.3, 0.4) is 0 Å². The van der Waals surface area contributed by atoms with Crippen LogP contribution in [-0.4, -0.2) is 37.2 Å². The summed E-state index contributed by atoms with van der Waals surface area (Å²) in [4.78, 5) is 37.3. The predicted octanol–water partition coefficient (Wildman–Crippen LogP) is 12.2. The second-order valence-electron chi connectivity index (χ2n) is 14.9. The maximum atomic E-state index is 12.6. The number of hydrogen-bond donors (Lipinski definition) is 0. The molecule has 0 bridgehead atoms. The molecule has 0 rings (SSSR count). The van der Waals surface area contributed by atoms with E-state index < -0.39 is 6.10 Å². The van der Waals surface area contributed by atoms with E-state index in [1.165, 1.54) is 96.3 Å². The predicted molar refractivity (Wildman–Crippen MR) is 196 cm³/mol. The van der Waals surface area contributed by atoms with Crippen molar-refractivity contribution in [3.05, 3.63) is 0 Å². The van der Waals surface area contributed by atoms with E-state index in [0.717, 1.165) is 76.0 Å². The minimum Gasteiger partial charge on any atom is -0.462 e. The van der Waals surface area contributed by atoms with Gasteiger partial charge in [-0.2, -0.15) is 0 Å². The molecule has 0 radical (unpaired) electrons. The van der Waals surface area contributed by atoms with Crippen molar-refractivity contribution in [3.63, 3.8) is 0 Å². The van der Waals surface area contributed by atoms with Gasteiger partial charge in [-0.05, 0) is 31.1 Å². The van der Waals surface area contributed by atoms with Crippen LogP contribution in [0.15, 0.2) is 0 Å². The third kappa shape index (κ3) is 35.5. The average molecular weight is 667 g/mol. The molecule has 0 heterocycles. The molecule has 0 unspecified atom stereocenters. The van der Waals surface area contributed by atoms with Crippen LogP contribution >= 0.6 is 0 Å². The fourth-order valence-corrected chi connectivity index (χ4v) is 5.87. The van der Waals surface area contributed by atoms with Gasteiger partial charge in [-0.25, -0.2) is 0 Å². The Hall–Kier alpha value is -1.59. The summed E-state index contributed by atoms with van der Waals surface area (Å²) in [5.41, 5.74) is 0. The minimum absolute atomic E-state index is 0.0675. The Bertz CT molecular complexity index is 719. The Morgan fingerprint density at radius 1 is 0.404 bits per heavy atom. The number of hydrogen-bond acceptors (Lipinski definition) is 6. The molecular formula is C41H78O6. The Kier molecular flexibility index (Phi) is 33.1. The summed E-state index contributed by atoms with van der Waals surface area (Å²) in [5, 5.41) is 0. The summed E-state index contributed by atoms with van der Waals surface area (Å²) in [6.45, 7) is 11.2. The van der Waals surface area contributed by atoms with Gasteiger partial charge in [0, 0.05) is 19.3 Å². The van der Waals surface area contributed by atoms with E-state index >= 15 is 0 Å². The Morgan fingerprint density at radius 3 is 1.04 bits per heavy atom. The van der Waals surface area contributed by atoms with Crippen molar-refractivity contribution in [1.82, 2.24) is 0 Å². The average Bonchev–Trinajstić information content (AvgIpc) is 3.03. The van der Waals surface area contributed by atoms with Gasteiger partial charge in [0.15, 0.2) is 6.10 Å². The van der Waals surface area contributed by atoms with Crippen molar-refractivity contribution in [2.75, 3.05) is 13.2 Å². The second kappa shape index (κ2) is 34.3. The fourth-order valence-electron chi connectivity index (χ4n) is 5.87. The van der Waals surface area contributed by atoms with E-state index in [9.17, 15) is 14.4 Å². The number of rotatable bonds is 35. The first-order valence-electron chi connectivity index (χ1n) is 20.2. The molecule has 0 saturated carbocycles. The lowest BCUT2D eigenvalue weighted by Crippen LogP contribution is -2.30. The molecule has 1 atom stereocenters. The Balaban J connectivity index is 4.25. The van der Waals surface area contributed by atoms with Crippen molar-refractivity contribution in [2.45, 2.75) is 221 Å². The number of ether oxygens (including phenoxy) is 3. The summed E-state index contributed by atoms with van der Waals surface area (Å²) in [6, 6.07) is 0. The first-order valence-corrected chi connectivity index (χ1v) is 20.2. The van der Waals surface area contributed by atoms with Gasteiger partial charge in [-0.1, -0.05) is 176 Å². The normalized spacial score (nSPS) is 12.1. The minimum atomic E-state index is -0.758. The van der Waals surface area contributed by atoms with Crippen LogP contribution in [-0.2, 0) is 28.6 Å². The summed E-state index contributed by atoms with van der Waals surface area (Å²) < 4.78 is 16.5. The number of esters is 3. The van der Waals surface area contributed by atoms with Gasteiger partial charge in [0.05, 0.1) is 0 Å². The van der Waals surface area contributed by atoms with Crippen molar-refractivity contribution in [1.29, 1.82) is 0 Å². The topological polar surface area (TPSA) is 78.9 Å². The van der Waals surface area contributed by atoms with Gasteiger partial charge >= 0.3 is 17.9 Å². The highest BCUT2D eigenvalue weighted by atomic mass is 16.6. The lowest BCUT2D eigenvalue weighted by atomic mass is 10.0. The molecule has 0 aliphatic rings. The lowest BCUT2D eigenvalue weighted by Gasteiger charge is -2.18. The molecule has 6 heteroatoms. The van der Waals surface area contributed by atoms with Crippen LogP contribution in [0.2, 0.25) is 0 Å². The standard InChI is InChI=1S/C41H78O6/c1-6-7-8-19-26-31-39(42)45-34-38(35-46-40(43)32-27-22-18-14-16-21-25-30-37(4)5)47-41(44)33-28-23-17-13-11-9-10-12-15-20-24-29-36(2)3/h36-38H,6-35H2,1-5H3/t38-/m0/s1. The van der Waals surface area contributed by atoms with Crippen LogP contribution in [0.5, 0.6) is 0 Å². The molecular weight excluding hydrogens is 588 g/mol. The van der Waals surface area contributed by atoms with Crippen LogP contribution in [0.4, 0.5) is 0 Å². The zero-order valence-electron chi connectivity index (χ0n) is 31.9. The van der Waals surface area contributed by atoms with Gasteiger partial charge in [-0.3, -0.25) is 14.4 Å². The summed E-state index contributed by atoms with van der Waals surface area (Å²) in [5.74, 6) is 0.726. The summed E-state index contributed by atoms with van der Waals surface area (Å²) in [7, 11) is 0. The highest BCUT2D eigenvalue weighted by molar-refractivity contribution is 5.71. The van der Waals surface area contributed by atoms with E-state index in [0.29, 0.717) is 19.3 Å². The number of carbonyl (C=O) groups excluding carboxylic acids is 3. The van der Waals surface area contributed by atoms with Gasteiger partial charge in [0.2, 0.25) is 0 Å². The second-order valence-corrected chi connectivity index (χ2v) is 14.9. The smallest absolute Gasteiger partial charge is 0.306 e. The van der Waals surface area contributed by atoms with Gasteiger partial charge in [0.1, 0.15) is 13.2 Å². The van der Waals surface area contributed by atoms with Gasteiger partial charge < -0.3 is 14.2 Å². The molecule has 6 nitrogen and oxygen atoms in total. The maximum absolute atomic E-state index is 12.6. The first-order chi connectivity index (χ1) is 22.7. The molecule has 0 fully saturated rings. The van der Waals surface area contributed by atoms with Crippen LogP contribution < -0.4 is 0 Å². The van der Waals surface area contributed by atoms with E-state index in [4.69, 9.17) is 14.2 Å². The third-order valence-corrected chi connectivity index (χ3v) is 8.97. The van der Waals surface area contributed by atoms with Crippen molar-refractivity contribution in [3.8, 4) is 0 Å². The lowest BCUT2D eigenvalue weighted by molar-refractivity contribution is -0.167. The molecule has 0 aromatic heterocycles. The fraction of sp³-hybridized carbons (Fsp3) is 0.927. The molecule has 0 aromatic carbocycles. The largest absolute Gasteiger partial charge is 0.462 e. The van der Waals surface area contributed by atoms with E-state index in [-0.39, 0.29) is 31.1 Å². The molecule has 0 aliphatic heterocycles. The zero-order chi connectivity index (χ0) is 34.8. The van der Waals surface area contributed by atoms with Crippen molar-refractivity contribution < 1.29 is 28.6 Å². The van der Waals surface area contributed by atoms with Crippen LogP contribution in [0, 0.1) is 11.8 Å². The van der Waals surface area contributed by atoms with Crippen molar-refractivity contribution in [2.24, 2.45) is 11.8 Å². The van der Waals surface area contributed by atoms with Gasteiger partial charge in [0.25, 0.3) is 0 Å². The van der Waals surface area contributed by atoms with E-state index in [2.05, 4.69) is 34.6 Å². The Morgan fingerprint density at radius 2 is 0.702 bits per heavy atom. The quantitative estimate of drug-likeness (QED) is 0.0380. The van der Waals surface area contributed by atoms with Crippen molar-refractivity contribution >= 4 is 17.9 Å². The highest BCUT2D eigenvalue weighted by Gasteiger charge is 2.19. The molecule has 0 spiro atoms. The molecule has 47 heavy (non-hydrogen) atoms. The molecule has 0 N–H and O–H groups in total. The third-order valence-electron chi connectivity index (χ3n) is 8.97. The molecule has 0 aromatic rings. The monoisotopic (exact) mass is 667 g/mol. The number of carbonyl (C=O) groups is 3. The zero-order valence-corrected chi connectivity index (χ0v) is 31.9. The van der Waals surface area contributed by atoms with E-state index in [1.54, 1.807) is 0 Å². The van der Waals surface area contributed by atoms with Gasteiger partial charge in [-0.15, -0.1) is 0 Å². The summed E-state index contributed by atoms with van der Waals surface area (Å²) in [6.07, 6.45) is 29.8. The van der Waals surface area contributed by atoms with E-state index in [1.807, 2.05) is 0 Å². The maximum Gasteiger partial charge on any atom is 0.306 e. The first kappa shape index (κ1) is 45.4. The highest BCUT2D eigenvalue weighted by Crippen LogP contribution is 2.16. The summed E-state index contributed by atoms with van der Waals surface area (Å²) >= 11 is 0. The molecule has 0 saturated heterocycles. The molecule has 278 valence electrons. The van der Waals surface area contributed by atoms with Crippen LogP contribution in [0.25, 0.3) is 0 Å². The SMILES string of the molecule is CCCCCCCC(=O)OC[C@@H](COC(=O)CCCCCCCCCC(C)C)OC(=O)CCCCCCCCCCCCCC(C)C. The Labute approximate surface area is 291 Å². The molecule has 0 aliphatic carbocycles. The molecule has 0 amide bonds. The number of unbranched alkanes of at least 4 members (excludes halogenated alkanes) is 20.